The van der Waals surface area contributed by atoms with Crippen LogP contribution in [-0.4, -0.2) is 15.0 Å². The third kappa shape index (κ3) is 2.81. The van der Waals surface area contributed by atoms with Crippen molar-refractivity contribution in [3.05, 3.63) is 62.4 Å². The molecule has 1 heterocycles. The number of aromatic nitrogens is 1. The highest BCUT2D eigenvalue weighted by molar-refractivity contribution is 6.02. The van der Waals surface area contributed by atoms with E-state index in [1.54, 1.807) is 0 Å². The Morgan fingerprint density at radius 1 is 1.15 bits per heavy atom. The highest BCUT2D eigenvalue weighted by Crippen LogP contribution is 2.40. The Labute approximate surface area is 142 Å². The van der Waals surface area contributed by atoms with E-state index >= 15 is 0 Å². The molecule has 0 atom stereocenters. The molecule has 1 aromatic heterocycles. The summed E-state index contributed by atoms with van der Waals surface area (Å²) in [7, 11) is 0. The number of nitro benzene ring substituents is 1. The molecule has 0 amide bonds. The van der Waals surface area contributed by atoms with Crippen molar-refractivity contribution in [3.8, 4) is 16.9 Å². The fourth-order valence-corrected chi connectivity index (χ4v) is 2.61. The van der Waals surface area contributed by atoms with Crippen LogP contribution in [0.3, 0.4) is 0 Å². The van der Waals surface area contributed by atoms with Crippen molar-refractivity contribution in [1.29, 1.82) is 0 Å². The lowest BCUT2D eigenvalue weighted by molar-refractivity contribution is -0.384. The van der Waals surface area contributed by atoms with Gasteiger partial charge in [-0.1, -0.05) is 0 Å². The van der Waals surface area contributed by atoms with Crippen LogP contribution in [0.4, 0.5) is 24.5 Å². The number of rotatable bonds is 2. The molecule has 134 valence electrons. The number of benzene rings is 2. The molecule has 2 aromatic carbocycles. The summed E-state index contributed by atoms with van der Waals surface area (Å²) < 4.78 is 39.1. The summed E-state index contributed by atoms with van der Waals surface area (Å²) in [5.41, 5.74) is 2.67. The van der Waals surface area contributed by atoms with Gasteiger partial charge in [-0.25, -0.2) is 0 Å². The largest absolute Gasteiger partial charge is 0.507 e. The molecule has 0 aliphatic rings. The number of hydrogen-bond acceptors (Lipinski definition) is 5. The van der Waals surface area contributed by atoms with E-state index in [-0.39, 0.29) is 22.0 Å². The Balaban J connectivity index is 2.45. The van der Waals surface area contributed by atoms with Gasteiger partial charge in [0.1, 0.15) is 11.4 Å². The van der Waals surface area contributed by atoms with Gasteiger partial charge in [0.25, 0.3) is 11.2 Å². The van der Waals surface area contributed by atoms with E-state index in [0.29, 0.717) is 0 Å². The number of fused-ring (bicyclic) bond motifs is 1. The number of phenolic OH excluding ortho intramolecular Hbond substituents is 1. The summed E-state index contributed by atoms with van der Waals surface area (Å²) in [6, 6.07) is 5.57. The first-order valence-corrected chi connectivity index (χ1v) is 7.10. The van der Waals surface area contributed by atoms with Crippen molar-refractivity contribution in [2.24, 2.45) is 0 Å². The number of halogens is 3. The minimum Gasteiger partial charge on any atom is -0.507 e. The molecule has 0 unspecified atom stereocenters. The molecule has 0 aliphatic heterocycles. The van der Waals surface area contributed by atoms with Crippen LogP contribution in [0, 0.1) is 10.1 Å². The van der Waals surface area contributed by atoms with Crippen molar-refractivity contribution in [1.82, 2.24) is 4.98 Å². The minimum absolute atomic E-state index is 0.0399. The molecular formula is C16H10F3N3O4. The molecule has 0 bridgehead atoms. The van der Waals surface area contributed by atoms with E-state index in [9.17, 15) is 33.2 Å². The van der Waals surface area contributed by atoms with Crippen LogP contribution >= 0.6 is 0 Å². The van der Waals surface area contributed by atoms with Crippen molar-refractivity contribution in [2.45, 2.75) is 6.18 Å². The number of nitro groups is 1. The predicted molar refractivity (Wildman–Crippen MR) is 87.7 cm³/mol. The quantitative estimate of drug-likeness (QED) is 0.474. The Kier molecular flexibility index (Phi) is 3.82. The molecule has 4 N–H and O–H groups in total. The standard InChI is InChI=1S/C16H10F3N3O4/c17-16(18,19)7-1-3-11-9(5-7)13(14(20)15(24)21-11)10-6-8(22(25)26)2-4-12(10)23/h1-6,23H,20H2,(H,21,24). The normalized spacial score (nSPS) is 11.7. The maximum atomic E-state index is 13.0. The number of alkyl halides is 3. The number of nitrogens with one attached hydrogen (secondary N) is 1. The topological polar surface area (TPSA) is 122 Å². The highest BCUT2D eigenvalue weighted by Gasteiger charge is 2.31. The van der Waals surface area contributed by atoms with E-state index in [0.717, 1.165) is 36.4 Å². The average Bonchev–Trinajstić information content (AvgIpc) is 2.55. The first-order valence-electron chi connectivity index (χ1n) is 7.10. The second-order valence-corrected chi connectivity index (χ2v) is 5.46. The van der Waals surface area contributed by atoms with Crippen molar-refractivity contribution in [2.75, 3.05) is 5.73 Å². The van der Waals surface area contributed by atoms with E-state index in [1.165, 1.54) is 0 Å². The predicted octanol–water partition coefficient (Wildman–Crippen LogP) is 3.41. The zero-order valence-electron chi connectivity index (χ0n) is 12.8. The molecule has 3 rings (SSSR count). The molecule has 0 saturated carbocycles. The van der Waals surface area contributed by atoms with Crippen LogP contribution in [0.25, 0.3) is 22.0 Å². The van der Waals surface area contributed by atoms with Gasteiger partial charge in [0.2, 0.25) is 0 Å². The van der Waals surface area contributed by atoms with Crippen molar-refractivity contribution in [3.63, 3.8) is 0 Å². The number of phenols is 1. The van der Waals surface area contributed by atoms with Gasteiger partial charge < -0.3 is 15.8 Å². The highest BCUT2D eigenvalue weighted by atomic mass is 19.4. The lowest BCUT2D eigenvalue weighted by Gasteiger charge is -2.13. The monoisotopic (exact) mass is 365 g/mol. The van der Waals surface area contributed by atoms with Gasteiger partial charge in [-0.3, -0.25) is 14.9 Å². The zero-order chi connectivity index (χ0) is 19.2. The number of anilines is 1. The fraction of sp³-hybridized carbons (Fsp3) is 0.0625. The molecule has 0 spiro atoms. The number of nitrogen functional groups attached to an aromatic ring is 1. The Morgan fingerprint density at radius 2 is 1.85 bits per heavy atom. The Bertz CT molecular complexity index is 1110. The van der Waals surface area contributed by atoms with Crippen LogP contribution < -0.4 is 11.3 Å². The van der Waals surface area contributed by atoms with Crippen LogP contribution in [-0.2, 0) is 6.18 Å². The van der Waals surface area contributed by atoms with E-state index in [1.807, 2.05) is 0 Å². The molecule has 3 aromatic rings. The maximum absolute atomic E-state index is 13.0. The fourth-order valence-electron chi connectivity index (χ4n) is 2.61. The van der Waals surface area contributed by atoms with Gasteiger partial charge in [-0.2, -0.15) is 13.2 Å². The number of aromatic hydroxyl groups is 1. The third-order valence-electron chi connectivity index (χ3n) is 3.84. The molecule has 0 fully saturated rings. The van der Waals surface area contributed by atoms with Crippen molar-refractivity contribution >= 4 is 22.3 Å². The average molecular weight is 365 g/mol. The summed E-state index contributed by atoms with van der Waals surface area (Å²) in [5, 5.41) is 20.9. The number of pyridine rings is 1. The summed E-state index contributed by atoms with van der Waals surface area (Å²) in [4.78, 5) is 24.6. The van der Waals surface area contributed by atoms with Crippen LogP contribution in [0.2, 0.25) is 0 Å². The number of hydrogen-bond donors (Lipinski definition) is 3. The van der Waals surface area contributed by atoms with E-state index < -0.39 is 39.3 Å². The molecule has 10 heteroatoms. The van der Waals surface area contributed by atoms with Gasteiger partial charge in [0.05, 0.1) is 10.5 Å². The first kappa shape index (κ1) is 17.3. The summed E-state index contributed by atoms with van der Waals surface area (Å²) >= 11 is 0. The smallest absolute Gasteiger partial charge is 0.416 e. The Morgan fingerprint density at radius 3 is 2.46 bits per heavy atom. The van der Waals surface area contributed by atoms with Crippen LogP contribution in [0.5, 0.6) is 5.75 Å². The van der Waals surface area contributed by atoms with Crippen LogP contribution in [0.1, 0.15) is 5.56 Å². The van der Waals surface area contributed by atoms with E-state index in [4.69, 9.17) is 5.73 Å². The molecule has 26 heavy (non-hydrogen) atoms. The number of non-ortho nitro benzene ring substituents is 1. The number of H-pyrrole nitrogens is 1. The number of aromatic amines is 1. The summed E-state index contributed by atoms with van der Waals surface area (Å²) in [6.45, 7) is 0. The molecular weight excluding hydrogens is 355 g/mol. The molecule has 0 saturated heterocycles. The third-order valence-corrected chi connectivity index (χ3v) is 3.84. The van der Waals surface area contributed by atoms with Gasteiger partial charge in [-0.05, 0) is 24.3 Å². The SMILES string of the molecule is Nc1c(-c2cc([N+](=O)[O-])ccc2O)c2cc(C(F)(F)F)ccc2[nH]c1=O. The summed E-state index contributed by atoms with van der Waals surface area (Å²) in [6.07, 6.45) is -4.65. The lowest BCUT2D eigenvalue weighted by Crippen LogP contribution is -2.14. The van der Waals surface area contributed by atoms with Gasteiger partial charge in [0, 0.05) is 34.2 Å². The number of nitrogens with two attached hydrogens (primary N) is 1. The number of nitrogens with zero attached hydrogens (tertiary/aromatic N) is 1. The van der Waals surface area contributed by atoms with Crippen molar-refractivity contribution < 1.29 is 23.2 Å². The molecule has 7 nitrogen and oxygen atoms in total. The first-order chi connectivity index (χ1) is 12.1. The van der Waals surface area contributed by atoms with Crippen LogP contribution in [0.15, 0.2) is 41.2 Å². The lowest BCUT2D eigenvalue weighted by atomic mass is 9.97. The second kappa shape index (κ2) is 5.76. The Hall–Kier alpha value is -3.56. The zero-order valence-corrected chi connectivity index (χ0v) is 12.8. The van der Waals surface area contributed by atoms with E-state index in [2.05, 4.69) is 4.98 Å². The summed E-state index contributed by atoms with van der Waals surface area (Å²) in [5.74, 6) is -0.466. The minimum atomic E-state index is -4.65. The molecule has 0 aliphatic carbocycles. The van der Waals surface area contributed by atoms with Gasteiger partial charge >= 0.3 is 6.18 Å². The maximum Gasteiger partial charge on any atom is 0.416 e. The molecule has 0 radical (unpaired) electrons. The van der Waals surface area contributed by atoms with Gasteiger partial charge in [0.15, 0.2) is 0 Å². The van der Waals surface area contributed by atoms with Gasteiger partial charge in [-0.15, -0.1) is 0 Å². The second-order valence-electron chi connectivity index (χ2n) is 5.46.